The lowest BCUT2D eigenvalue weighted by Gasteiger charge is -1.95. The number of benzene rings is 1. The zero-order valence-electron chi connectivity index (χ0n) is 8.98. The van der Waals surface area contributed by atoms with Crippen molar-refractivity contribution in [2.45, 2.75) is 0 Å². The van der Waals surface area contributed by atoms with Crippen LogP contribution in [0.25, 0.3) is 21.5 Å². The SMILES string of the molecule is COc1ccc(-c2n[nH]c3ccsc23)c2c1O2. The first-order valence-electron chi connectivity index (χ1n) is 5.19. The Morgan fingerprint density at radius 2 is 2.24 bits per heavy atom. The first-order chi connectivity index (χ1) is 8.38. The second-order valence-electron chi connectivity index (χ2n) is 3.81. The van der Waals surface area contributed by atoms with Gasteiger partial charge < -0.3 is 9.47 Å². The van der Waals surface area contributed by atoms with E-state index in [1.807, 2.05) is 18.2 Å². The average molecular weight is 244 g/mol. The van der Waals surface area contributed by atoms with E-state index in [-0.39, 0.29) is 0 Å². The third-order valence-electron chi connectivity index (χ3n) is 2.88. The largest absolute Gasteiger partial charge is 0.493 e. The molecule has 0 radical (unpaired) electrons. The normalized spacial score (nSPS) is 12.3. The standard InChI is InChI=1S/C12H8N2O2S/c1-15-8-3-2-6(10-11(8)16-10)9-12-7(13-14-9)4-5-17-12/h2-5H,1H3,(H,13,14). The van der Waals surface area contributed by atoms with Gasteiger partial charge >= 0.3 is 0 Å². The van der Waals surface area contributed by atoms with Crippen molar-refractivity contribution in [1.82, 2.24) is 10.2 Å². The number of nitrogens with one attached hydrogen (secondary N) is 1. The molecule has 1 aromatic carbocycles. The van der Waals surface area contributed by atoms with Crippen molar-refractivity contribution < 1.29 is 9.47 Å². The van der Waals surface area contributed by atoms with E-state index < -0.39 is 0 Å². The van der Waals surface area contributed by atoms with Crippen molar-refractivity contribution in [3.05, 3.63) is 23.6 Å². The van der Waals surface area contributed by atoms with Crippen molar-refractivity contribution in [3.8, 4) is 28.5 Å². The molecule has 0 bridgehead atoms. The summed E-state index contributed by atoms with van der Waals surface area (Å²) in [5, 5.41) is 9.41. The Hall–Kier alpha value is -2.01. The molecular weight excluding hydrogens is 236 g/mol. The number of H-pyrrole nitrogens is 1. The Bertz CT molecular complexity index is 729. The molecule has 0 unspecified atom stereocenters. The molecule has 17 heavy (non-hydrogen) atoms. The zero-order valence-corrected chi connectivity index (χ0v) is 9.80. The van der Waals surface area contributed by atoms with Crippen LogP contribution in [0, 0.1) is 0 Å². The molecule has 0 amide bonds. The Labute approximate surface area is 101 Å². The number of hydrogen-bond donors (Lipinski definition) is 1. The molecule has 3 heterocycles. The van der Waals surface area contributed by atoms with E-state index in [9.17, 15) is 0 Å². The highest BCUT2D eigenvalue weighted by Gasteiger charge is 2.32. The van der Waals surface area contributed by atoms with Gasteiger partial charge in [0.25, 0.3) is 0 Å². The lowest BCUT2D eigenvalue weighted by Crippen LogP contribution is -1.79. The zero-order chi connectivity index (χ0) is 11.4. The predicted octanol–water partition coefficient (Wildman–Crippen LogP) is 3.41. The first kappa shape index (κ1) is 9.07. The Morgan fingerprint density at radius 1 is 1.29 bits per heavy atom. The van der Waals surface area contributed by atoms with Gasteiger partial charge in [-0.05, 0) is 23.6 Å². The molecule has 1 N–H and O–H groups in total. The van der Waals surface area contributed by atoms with E-state index in [2.05, 4.69) is 15.6 Å². The number of nitrogens with zero attached hydrogens (tertiary/aromatic N) is 1. The number of thiophene rings is 1. The highest BCUT2D eigenvalue weighted by molar-refractivity contribution is 7.17. The van der Waals surface area contributed by atoms with E-state index in [0.717, 1.165) is 38.7 Å². The van der Waals surface area contributed by atoms with E-state index >= 15 is 0 Å². The average Bonchev–Trinajstić information content (AvgIpc) is 2.84. The summed E-state index contributed by atoms with van der Waals surface area (Å²) in [4.78, 5) is 0. The predicted molar refractivity (Wildman–Crippen MR) is 66.0 cm³/mol. The van der Waals surface area contributed by atoms with Crippen molar-refractivity contribution >= 4 is 21.6 Å². The van der Waals surface area contributed by atoms with Gasteiger partial charge in [-0.25, -0.2) is 0 Å². The van der Waals surface area contributed by atoms with Gasteiger partial charge in [0.1, 0.15) is 5.69 Å². The number of aromatic nitrogens is 2. The van der Waals surface area contributed by atoms with E-state index in [1.54, 1.807) is 18.4 Å². The monoisotopic (exact) mass is 244 g/mol. The molecule has 0 saturated carbocycles. The Morgan fingerprint density at radius 3 is 3.12 bits per heavy atom. The van der Waals surface area contributed by atoms with Crippen LogP contribution in [0.1, 0.15) is 0 Å². The van der Waals surface area contributed by atoms with E-state index in [0.29, 0.717) is 0 Å². The van der Waals surface area contributed by atoms with Gasteiger partial charge in [0, 0.05) is 0 Å². The fourth-order valence-corrected chi connectivity index (χ4v) is 2.85. The molecular formula is C12H8N2O2S. The van der Waals surface area contributed by atoms with Crippen molar-refractivity contribution in [3.63, 3.8) is 0 Å². The lowest BCUT2D eigenvalue weighted by atomic mass is 10.1. The van der Waals surface area contributed by atoms with Crippen molar-refractivity contribution in [2.24, 2.45) is 0 Å². The van der Waals surface area contributed by atoms with Crippen molar-refractivity contribution in [2.75, 3.05) is 7.11 Å². The molecule has 0 aliphatic carbocycles. The van der Waals surface area contributed by atoms with Crippen LogP contribution in [0.2, 0.25) is 0 Å². The molecule has 4 nitrogen and oxygen atoms in total. The van der Waals surface area contributed by atoms with Crippen LogP contribution < -0.4 is 9.47 Å². The van der Waals surface area contributed by atoms with Crippen LogP contribution in [-0.2, 0) is 0 Å². The van der Waals surface area contributed by atoms with Crippen LogP contribution in [0.3, 0.4) is 0 Å². The fraction of sp³-hybridized carbons (Fsp3) is 0.0833. The van der Waals surface area contributed by atoms with Gasteiger partial charge in [-0.15, -0.1) is 11.3 Å². The summed E-state index contributed by atoms with van der Waals surface area (Å²) < 4.78 is 11.8. The van der Waals surface area contributed by atoms with E-state index in [1.165, 1.54) is 0 Å². The molecule has 0 spiro atoms. The van der Waals surface area contributed by atoms with Gasteiger partial charge in [0.2, 0.25) is 5.75 Å². The number of ether oxygens (including phenoxy) is 2. The Kier molecular flexibility index (Phi) is 1.61. The minimum Gasteiger partial charge on any atom is -0.493 e. The topological polar surface area (TPSA) is 50.4 Å². The summed E-state index contributed by atoms with van der Waals surface area (Å²) in [5.74, 6) is 2.49. The molecule has 0 fully saturated rings. The second-order valence-corrected chi connectivity index (χ2v) is 4.73. The molecule has 4 rings (SSSR count). The van der Waals surface area contributed by atoms with Gasteiger partial charge in [-0.1, -0.05) is 0 Å². The summed E-state index contributed by atoms with van der Waals surface area (Å²) in [6, 6.07) is 5.93. The van der Waals surface area contributed by atoms with Crippen LogP contribution in [0.15, 0.2) is 23.6 Å². The summed E-state index contributed by atoms with van der Waals surface area (Å²) in [7, 11) is 1.64. The first-order valence-corrected chi connectivity index (χ1v) is 6.07. The van der Waals surface area contributed by atoms with E-state index in [4.69, 9.17) is 9.47 Å². The molecule has 1 aliphatic heterocycles. The minimum atomic E-state index is 0.779. The summed E-state index contributed by atoms with van der Waals surface area (Å²) in [5.41, 5.74) is 3.04. The highest BCUT2D eigenvalue weighted by atomic mass is 32.1. The Balaban J connectivity index is 1.95. The highest BCUT2D eigenvalue weighted by Crippen LogP contribution is 2.58. The van der Waals surface area contributed by atoms with Crippen molar-refractivity contribution in [1.29, 1.82) is 0 Å². The molecule has 3 aromatic rings. The summed E-state index contributed by atoms with van der Waals surface area (Å²) in [6.07, 6.45) is 0. The number of aromatic amines is 1. The van der Waals surface area contributed by atoms with Gasteiger partial charge in [-0.3, -0.25) is 5.10 Å². The quantitative estimate of drug-likeness (QED) is 0.550. The molecule has 5 heteroatoms. The molecule has 84 valence electrons. The van der Waals surface area contributed by atoms with Gasteiger partial charge in [0.05, 0.1) is 22.9 Å². The third kappa shape index (κ3) is 1.14. The van der Waals surface area contributed by atoms with Crippen LogP contribution in [0.4, 0.5) is 0 Å². The number of fused-ring (bicyclic) bond motifs is 2. The maximum Gasteiger partial charge on any atom is 0.212 e. The third-order valence-corrected chi connectivity index (χ3v) is 3.80. The van der Waals surface area contributed by atoms with Crippen LogP contribution >= 0.6 is 11.3 Å². The summed E-state index contributed by atoms with van der Waals surface area (Å²) >= 11 is 1.68. The summed E-state index contributed by atoms with van der Waals surface area (Å²) in [6.45, 7) is 0. The smallest absolute Gasteiger partial charge is 0.212 e. The van der Waals surface area contributed by atoms with Gasteiger partial charge in [-0.2, -0.15) is 5.10 Å². The number of methoxy groups -OCH3 is 1. The molecule has 0 atom stereocenters. The maximum atomic E-state index is 5.47. The fourth-order valence-electron chi connectivity index (χ4n) is 2.00. The molecule has 2 aromatic heterocycles. The van der Waals surface area contributed by atoms with Gasteiger partial charge in [0.15, 0.2) is 11.5 Å². The molecule has 1 aliphatic rings. The number of hydrogen-bond acceptors (Lipinski definition) is 4. The van der Waals surface area contributed by atoms with Crippen LogP contribution in [0.5, 0.6) is 17.2 Å². The maximum absolute atomic E-state index is 5.47. The van der Waals surface area contributed by atoms with Crippen LogP contribution in [-0.4, -0.2) is 17.3 Å². The second kappa shape index (κ2) is 3.01. The minimum absolute atomic E-state index is 0.779. The number of rotatable bonds is 2. The lowest BCUT2D eigenvalue weighted by molar-refractivity contribution is 0.408. The molecule has 0 saturated heterocycles.